The van der Waals surface area contributed by atoms with Crippen molar-refractivity contribution in [3.05, 3.63) is 27.7 Å². The maximum Gasteiger partial charge on any atom is 0.389 e. The van der Waals surface area contributed by atoms with Gasteiger partial charge in [0, 0.05) is 12.8 Å². The molecule has 0 atom stereocenters. The van der Waals surface area contributed by atoms with Gasteiger partial charge in [0.25, 0.3) is 5.56 Å². The fourth-order valence-electron chi connectivity index (χ4n) is 1.59. The van der Waals surface area contributed by atoms with Crippen LogP contribution in [-0.2, 0) is 17.8 Å². The van der Waals surface area contributed by atoms with Gasteiger partial charge in [-0.3, -0.25) is 9.36 Å². The highest BCUT2D eigenvalue weighted by Gasteiger charge is 2.26. The van der Waals surface area contributed by atoms with Crippen molar-refractivity contribution in [2.24, 2.45) is 0 Å². The number of nitrogens with zero attached hydrogens (tertiary/aromatic N) is 2. The third kappa shape index (κ3) is 4.15. The molecule has 8 heteroatoms. The van der Waals surface area contributed by atoms with E-state index in [1.807, 2.05) is 0 Å². The second-order valence-corrected chi connectivity index (χ2v) is 3.98. The normalized spacial score (nSPS) is 11.6. The van der Waals surface area contributed by atoms with Gasteiger partial charge in [-0.05, 0) is 13.3 Å². The van der Waals surface area contributed by atoms with Gasteiger partial charge in [-0.15, -0.1) is 0 Å². The van der Waals surface area contributed by atoms with Gasteiger partial charge < -0.3 is 4.79 Å². The van der Waals surface area contributed by atoms with Crippen molar-refractivity contribution in [1.82, 2.24) is 9.55 Å². The summed E-state index contributed by atoms with van der Waals surface area (Å²) in [7, 11) is 0. The summed E-state index contributed by atoms with van der Waals surface area (Å²) in [4.78, 5) is 25.7. The number of aldehydes is 1. The molecule has 0 radical (unpaired) electrons. The first-order chi connectivity index (χ1) is 8.76. The minimum Gasteiger partial charge on any atom is -0.301 e. The molecule has 1 heterocycles. The summed E-state index contributed by atoms with van der Waals surface area (Å²) in [6.07, 6.45) is -5.39. The van der Waals surface area contributed by atoms with E-state index in [0.717, 1.165) is 4.57 Å². The Hall–Kier alpha value is -1.73. The lowest BCUT2D eigenvalue weighted by atomic mass is 10.2. The predicted molar refractivity (Wildman–Crippen MR) is 58.2 cm³/mol. The average molecular weight is 280 g/mol. The van der Waals surface area contributed by atoms with Crippen LogP contribution in [0.15, 0.2) is 4.79 Å². The molecular formula is C11H12F4N2O2. The lowest BCUT2D eigenvalue weighted by Gasteiger charge is -2.11. The fraction of sp³-hybridized carbons (Fsp3) is 0.545. The third-order valence-corrected chi connectivity index (χ3v) is 2.48. The first-order valence-electron chi connectivity index (χ1n) is 5.52. The number of aryl methyl sites for hydroxylation is 2. The van der Waals surface area contributed by atoms with Crippen molar-refractivity contribution in [1.29, 1.82) is 0 Å². The molecule has 1 aromatic heterocycles. The summed E-state index contributed by atoms with van der Waals surface area (Å²) in [6.45, 7) is 0.819. The minimum atomic E-state index is -4.30. The SMILES string of the molecule is Cc1nc(CCCC(F)(F)F)n(CC=O)c(=O)c1F. The number of carbonyl (C=O) groups is 1. The van der Waals surface area contributed by atoms with Gasteiger partial charge in [0.05, 0.1) is 12.2 Å². The van der Waals surface area contributed by atoms with E-state index in [2.05, 4.69) is 4.98 Å². The van der Waals surface area contributed by atoms with Gasteiger partial charge in [0.15, 0.2) is 0 Å². The van der Waals surface area contributed by atoms with Crippen LogP contribution in [0.1, 0.15) is 24.4 Å². The number of hydrogen-bond acceptors (Lipinski definition) is 3. The Morgan fingerprint density at radius 1 is 1.37 bits per heavy atom. The van der Waals surface area contributed by atoms with Crippen LogP contribution < -0.4 is 5.56 Å². The van der Waals surface area contributed by atoms with Crippen LogP contribution in [0, 0.1) is 12.7 Å². The molecule has 0 aliphatic rings. The molecule has 0 N–H and O–H groups in total. The molecule has 0 amide bonds. The molecule has 0 unspecified atom stereocenters. The van der Waals surface area contributed by atoms with Gasteiger partial charge in [-0.2, -0.15) is 17.6 Å². The van der Waals surface area contributed by atoms with E-state index in [-0.39, 0.29) is 24.4 Å². The van der Waals surface area contributed by atoms with Gasteiger partial charge in [0.2, 0.25) is 5.82 Å². The van der Waals surface area contributed by atoms with Crippen molar-refractivity contribution < 1.29 is 22.4 Å². The zero-order valence-corrected chi connectivity index (χ0v) is 10.1. The summed E-state index contributed by atoms with van der Waals surface area (Å²) in [6, 6.07) is 0. The number of halogens is 4. The fourth-order valence-corrected chi connectivity index (χ4v) is 1.59. The average Bonchev–Trinajstić information content (AvgIpc) is 2.29. The van der Waals surface area contributed by atoms with Crippen molar-refractivity contribution >= 4 is 6.29 Å². The number of rotatable bonds is 5. The van der Waals surface area contributed by atoms with Gasteiger partial charge in [-0.25, -0.2) is 4.98 Å². The van der Waals surface area contributed by atoms with Crippen LogP contribution >= 0.6 is 0 Å². The van der Waals surface area contributed by atoms with E-state index < -0.39 is 30.5 Å². The van der Waals surface area contributed by atoms with Crippen molar-refractivity contribution in [3.8, 4) is 0 Å². The summed E-state index contributed by atoms with van der Waals surface area (Å²) in [5.74, 6) is -1.11. The summed E-state index contributed by atoms with van der Waals surface area (Å²) in [5, 5.41) is 0. The van der Waals surface area contributed by atoms with Crippen LogP contribution in [-0.4, -0.2) is 22.0 Å². The Labute approximate surface area is 106 Å². The summed E-state index contributed by atoms with van der Waals surface area (Å²) >= 11 is 0. The highest BCUT2D eigenvalue weighted by molar-refractivity contribution is 5.49. The molecule has 4 nitrogen and oxygen atoms in total. The van der Waals surface area contributed by atoms with Crippen LogP contribution in [0.2, 0.25) is 0 Å². The van der Waals surface area contributed by atoms with Crippen molar-refractivity contribution in [2.45, 2.75) is 38.9 Å². The molecule has 0 fully saturated rings. The highest BCUT2D eigenvalue weighted by atomic mass is 19.4. The van der Waals surface area contributed by atoms with E-state index in [0.29, 0.717) is 6.29 Å². The van der Waals surface area contributed by atoms with E-state index in [1.54, 1.807) is 0 Å². The first-order valence-corrected chi connectivity index (χ1v) is 5.52. The molecular weight excluding hydrogens is 268 g/mol. The van der Waals surface area contributed by atoms with Crippen LogP contribution in [0.25, 0.3) is 0 Å². The largest absolute Gasteiger partial charge is 0.389 e. The van der Waals surface area contributed by atoms with Crippen molar-refractivity contribution in [3.63, 3.8) is 0 Å². The molecule has 0 aromatic carbocycles. The molecule has 1 rings (SSSR count). The van der Waals surface area contributed by atoms with E-state index in [9.17, 15) is 27.2 Å². The number of alkyl halides is 3. The standard InChI is InChI=1S/C11H12F4N2O2/c1-7-9(12)10(19)17(5-6-18)8(16-7)3-2-4-11(13,14)15/h6H,2-5H2,1H3. The highest BCUT2D eigenvalue weighted by Crippen LogP contribution is 2.22. The zero-order valence-electron chi connectivity index (χ0n) is 10.1. The van der Waals surface area contributed by atoms with Gasteiger partial charge in [0.1, 0.15) is 12.1 Å². The maximum atomic E-state index is 13.3. The number of carbonyl (C=O) groups excluding carboxylic acids is 1. The molecule has 0 spiro atoms. The molecule has 0 aliphatic heterocycles. The summed E-state index contributed by atoms with van der Waals surface area (Å²) in [5.41, 5.74) is -1.23. The number of hydrogen-bond donors (Lipinski definition) is 0. The lowest BCUT2D eigenvalue weighted by Crippen LogP contribution is -2.29. The topological polar surface area (TPSA) is 52.0 Å². The van der Waals surface area contributed by atoms with Crippen molar-refractivity contribution in [2.75, 3.05) is 0 Å². The second-order valence-electron chi connectivity index (χ2n) is 3.98. The van der Waals surface area contributed by atoms with Gasteiger partial charge in [-0.1, -0.05) is 0 Å². The Kier molecular flexibility index (Phi) is 4.79. The zero-order chi connectivity index (χ0) is 14.6. The Morgan fingerprint density at radius 2 is 2.00 bits per heavy atom. The predicted octanol–water partition coefficient (Wildman–Crippen LogP) is 1.77. The van der Waals surface area contributed by atoms with Crippen LogP contribution in [0.4, 0.5) is 17.6 Å². The molecule has 19 heavy (non-hydrogen) atoms. The van der Waals surface area contributed by atoms with Crippen LogP contribution in [0.3, 0.4) is 0 Å². The maximum absolute atomic E-state index is 13.3. The molecule has 106 valence electrons. The Balaban J connectivity index is 2.99. The van der Waals surface area contributed by atoms with E-state index >= 15 is 0 Å². The number of aromatic nitrogens is 2. The molecule has 0 saturated carbocycles. The summed E-state index contributed by atoms with van der Waals surface area (Å²) < 4.78 is 50.1. The molecule has 0 bridgehead atoms. The first kappa shape index (κ1) is 15.3. The molecule has 0 aliphatic carbocycles. The van der Waals surface area contributed by atoms with E-state index in [4.69, 9.17) is 0 Å². The Morgan fingerprint density at radius 3 is 2.53 bits per heavy atom. The molecule has 1 aromatic rings. The lowest BCUT2D eigenvalue weighted by molar-refractivity contribution is -0.135. The Bertz CT molecular complexity index is 523. The van der Waals surface area contributed by atoms with Gasteiger partial charge >= 0.3 is 6.18 Å². The molecule has 0 saturated heterocycles. The van der Waals surface area contributed by atoms with E-state index in [1.165, 1.54) is 6.92 Å². The monoisotopic (exact) mass is 280 g/mol. The minimum absolute atomic E-state index is 0.0137. The van der Waals surface area contributed by atoms with Crippen LogP contribution in [0.5, 0.6) is 0 Å². The third-order valence-electron chi connectivity index (χ3n) is 2.48. The second kappa shape index (κ2) is 5.94. The quantitative estimate of drug-likeness (QED) is 0.610. The smallest absolute Gasteiger partial charge is 0.301 e.